The van der Waals surface area contributed by atoms with Gasteiger partial charge in [-0.3, -0.25) is 9.80 Å². The van der Waals surface area contributed by atoms with E-state index >= 15 is 0 Å². The predicted octanol–water partition coefficient (Wildman–Crippen LogP) is 3.54. The quantitative estimate of drug-likeness (QED) is 0.820. The molecule has 2 aliphatic heterocycles. The molecule has 1 aromatic heterocycles. The highest BCUT2D eigenvalue weighted by Crippen LogP contribution is 2.42. The number of hydrogen-bond acceptors (Lipinski definition) is 5. The first kappa shape index (κ1) is 18.1. The lowest BCUT2D eigenvalue weighted by molar-refractivity contribution is -0.0999. The van der Waals surface area contributed by atoms with Gasteiger partial charge >= 0.3 is 6.09 Å². The van der Waals surface area contributed by atoms with E-state index in [1.54, 1.807) is 6.33 Å². The van der Waals surface area contributed by atoms with Crippen molar-refractivity contribution in [3.05, 3.63) is 24.3 Å². The molecule has 138 valence electrons. The number of hydrogen-bond donors (Lipinski definition) is 0. The molecular formula is C19H30N4O2. The van der Waals surface area contributed by atoms with E-state index in [0.717, 1.165) is 50.8 Å². The van der Waals surface area contributed by atoms with Crippen molar-refractivity contribution >= 4 is 6.09 Å². The second-order valence-corrected chi connectivity index (χ2v) is 8.08. The third-order valence-electron chi connectivity index (χ3n) is 5.12. The monoisotopic (exact) mass is 346 g/mol. The molecule has 1 aromatic rings. The zero-order chi connectivity index (χ0) is 17.9. The number of ether oxygens (including phenoxy) is 1. The number of amides is 1. The first-order chi connectivity index (χ1) is 11.9. The van der Waals surface area contributed by atoms with Gasteiger partial charge < -0.3 is 4.74 Å². The van der Waals surface area contributed by atoms with E-state index < -0.39 is 11.3 Å². The molecule has 3 rings (SSSR count). The fourth-order valence-electron chi connectivity index (χ4n) is 4.10. The molecule has 0 saturated carbocycles. The maximum absolute atomic E-state index is 13.1. The highest BCUT2D eigenvalue weighted by Gasteiger charge is 2.49. The zero-order valence-electron chi connectivity index (χ0n) is 15.7. The molecule has 2 saturated heterocycles. The summed E-state index contributed by atoms with van der Waals surface area (Å²) in [6.07, 6.45) is 11.6. The number of piperidine rings is 2. The number of carbonyl (C=O) groups excluding carboxylic acids is 1. The van der Waals surface area contributed by atoms with E-state index in [2.05, 4.69) is 14.9 Å². The van der Waals surface area contributed by atoms with E-state index in [1.165, 1.54) is 6.42 Å². The Morgan fingerprint density at radius 3 is 2.32 bits per heavy atom. The molecule has 25 heavy (non-hydrogen) atoms. The Morgan fingerprint density at radius 2 is 1.68 bits per heavy atom. The number of rotatable bonds is 2. The maximum Gasteiger partial charge on any atom is 0.412 e. The molecule has 2 aliphatic rings. The van der Waals surface area contributed by atoms with Gasteiger partial charge in [0.2, 0.25) is 0 Å². The van der Waals surface area contributed by atoms with Crippen molar-refractivity contribution in [1.29, 1.82) is 0 Å². The molecule has 3 heterocycles. The van der Waals surface area contributed by atoms with E-state index in [9.17, 15) is 4.79 Å². The van der Waals surface area contributed by atoms with E-state index in [-0.39, 0.29) is 6.09 Å². The van der Waals surface area contributed by atoms with Crippen molar-refractivity contribution in [3.8, 4) is 0 Å². The summed E-state index contributed by atoms with van der Waals surface area (Å²) >= 11 is 0. The second-order valence-electron chi connectivity index (χ2n) is 8.08. The van der Waals surface area contributed by atoms with Gasteiger partial charge in [0.15, 0.2) is 0 Å². The third kappa shape index (κ3) is 3.78. The Hall–Kier alpha value is -1.69. The normalized spacial score (nSPS) is 25.6. The molecule has 1 amide bonds. The summed E-state index contributed by atoms with van der Waals surface area (Å²) in [6.45, 7) is 8.46. The summed E-state index contributed by atoms with van der Waals surface area (Å²) in [7, 11) is 0. The van der Waals surface area contributed by atoms with E-state index in [1.807, 2.05) is 38.1 Å². The first-order valence-corrected chi connectivity index (χ1v) is 9.45. The minimum absolute atomic E-state index is 0.235. The second kappa shape index (κ2) is 7.28. The Bertz CT molecular complexity index is 581. The molecular weight excluding hydrogens is 316 g/mol. The fourth-order valence-corrected chi connectivity index (χ4v) is 4.10. The Balaban J connectivity index is 2.01. The lowest BCUT2D eigenvalue weighted by Gasteiger charge is -2.54. The van der Waals surface area contributed by atoms with Gasteiger partial charge in [-0.25, -0.2) is 14.8 Å². The van der Waals surface area contributed by atoms with Gasteiger partial charge in [-0.1, -0.05) is 6.42 Å². The van der Waals surface area contributed by atoms with Crippen LogP contribution in [0.5, 0.6) is 0 Å². The summed E-state index contributed by atoms with van der Waals surface area (Å²) in [4.78, 5) is 26.0. The summed E-state index contributed by atoms with van der Waals surface area (Å²) in [5.41, 5.74) is 0.0138. The van der Waals surface area contributed by atoms with Gasteiger partial charge in [0, 0.05) is 37.6 Å². The number of carbonyl (C=O) groups is 1. The van der Waals surface area contributed by atoms with Crippen LogP contribution in [-0.4, -0.2) is 51.1 Å². The van der Waals surface area contributed by atoms with Gasteiger partial charge in [0.25, 0.3) is 0 Å². The average Bonchev–Trinajstić information content (AvgIpc) is 2.61. The van der Waals surface area contributed by atoms with Crippen LogP contribution in [0.25, 0.3) is 0 Å². The molecule has 1 atom stereocenters. The number of likely N-dealkylation sites (tertiary alicyclic amines) is 2. The summed E-state index contributed by atoms with van der Waals surface area (Å²) in [6, 6.07) is 0. The summed E-state index contributed by atoms with van der Waals surface area (Å²) in [5, 5.41) is 0. The Kier molecular flexibility index (Phi) is 5.27. The highest BCUT2D eigenvalue weighted by molar-refractivity contribution is 5.69. The van der Waals surface area contributed by atoms with Crippen molar-refractivity contribution in [2.24, 2.45) is 0 Å². The Morgan fingerprint density at radius 1 is 1.04 bits per heavy atom. The van der Waals surface area contributed by atoms with E-state index in [4.69, 9.17) is 4.74 Å². The van der Waals surface area contributed by atoms with Crippen molar-refractivity contribution in [2.45, 2.75) is 70.6 Å². The van der Waals surface area contributed by atoms with Crippen molar-refractivity contribution in [1.82, 2.24) is 19.8 Å². The topological polar surface area (TPSA) is 58.6 Å². The van der Waals surface area contributed by atoms with Crippen molar-refractivity contribution < 1.29 is 9.53 Å². The molecule has 0 aromatic carbocycles. The zero-order valence-corrected chi connectivity index (χ0v) is 15.7. The van der Waals surface area contributed by atoms with Gasteiger partial charge in [-0.05, 0) is 52.9 Å². The van der Waals surface area contributed by atoms with Crippen LogP contribution in [0.1, 0.15) is 64.9 Å². The molecule has 6 heteroatoms. The van der Waals surface area contributed by atoms with Crippen molar-refractivity contribution in [2.75, 3.05) is 19.6 Å². The minimum atomic E-state index is -0.505. The lowest BCUT2D eigenvalue weighted by Crippen LogP contribution is -2.63. The van der Waals surface area contributed by atoms with Gasteiger partial charge in [-0.2, -0.15) is 0 Å². The fraction of sp³-hybridized carbons (Fsp3) is 0.737. The van der Waals surface area contributed by atoms with Crippen LogP contribution in [0.4, 0.5) is 4.79 Å². The molecule has 0 radical (unpaired) electrons. The number of nitrogens with zero attached hydrogens (tertiary/aromatic N) is 4. The SMILES string of the molecule is CC(C)(C)OC(=O)N1CCCCC1(c1cncnc1)N1CCCCC1. The third-order valence-corrected chi connectivity index (χ3v) is 5.12. The molecule has 0 aliphatic carbocycles. The molecule has 0 spiro atoms. The van der Waals surface area contributed by atoms with Gasteiger partial charge in [0.05, 0.1) is 0 Å². The van der Waals surface area contributed by atoms with Crippen LogP contribution in [-0.2, 0) is 10.4 Å². The summed E-state index contributed by atoms with van der Waals surface area (Å²) < 4.78 is 5.76. The smallest absolute Gasteiger partial charge is 0.412 e. The molecule has 2 fully saturated rings. The predicted molar refractivity (Wildman–Crippen MR) is 95.9 cm³/mol. The largest absolute Gasteiger partial charge is 0.444 e. The van der Waals surface area contributed by atoms with Crippen molar-refractivity contribution in [3.63, 3.8) is 0 Å². The van der Waals surface area contributed by atoms with Crippen LogP contribution in [0.15, 0.2) is 18.7 Å². The van der Waals surface area contributed by atoms with Gasteiger partial charge in [0.1, 0.15) is 17.6 Å². The van der Waals surface area contributed by atoms with Crippen LogP contribution in [0, 0.1) is 0 Å². The average molecular weight is 346 g/mol. The van der Waals surface area contributed by atoms with Crippen LogP contribution >= 0.6 is 0 Å². The van der Waals surface area contributed by atoms with Crippen LogP contribution < -0.4 is 0 Å². The van der Waals surface area contributed by atoms with Crippen LogP contribution in [0.3, 0.4) is 0 Å². The molecule has 0 N–H and O–H groups in total. The van der Waals surface area contributed by atoms with E-state index in [0.29, 0.717) is 6.54 Å². The Labute approximate surface area is 150 Å². The summed E-state index contributed by atoms with van der Waals surface area (Å²) in [5.74, 6) is 0. The highest BCUT2D eigenvalue weighted by atomic mass is 16.6. The first-order valence-electron chi connectivity index (χ1n) is 9.45. The standard InChI is InChI=1S/C19H30N4O2/c1-18(2,3)25-17(24)23-12-8-5-9-19(23,16-13-20-15-21-14-16)22-10-6-4-7-11-22/h13-15H,4-12H2,1-3H3. The molecule has 1 unspecified atom stereocenters. The molecule has 0 bridgehead atoms. The van der Waals surface area contributed by atoms with Crippen LogP contribution in [0.2, 0.25) is 0 Å². The number of aromatic nitrogens is 2. The molecule has 6 nitrogen and oxygen atoms in total. The van der Waals surface area contributed by atoms with Gasteiger partial charge in [-0.15, -0.1) is 0 Å². The minimum Gasteiger partial charge on any atom is -0.444 e. The lowest BCUT2D eigenvalue weighted by atomic mass is 9.86. The maximum atomic E-state index is 13.1.